The van der Waals surface area contributed by atoms with Gasteiger partial charge in [0.25, 0.3) is 0 Å². The summed E-state index contributed by atoms with van der Waals surface area (Å²) in [6.07, 6.45) is 2.38. The molecule has 1 saturated heterocycles. The maximum atomic E-state index is 12.5. The largest absolute Gasteiger partial charge is 0.419 e. The monoisotopic (exact) mass is 406 g/mol. The topological polar surface area (TPSA) is 87.8 Å². The van der Waals surface area contributed by atoms with Crippen molar-refractivity contribution in [2.24, 2.45) is 0 Å². The molecule has 1 aliphatic heterocycles. The summed E-state index contributed by atoms with van der Waals surface area (Å²) < 4.78 is 6.65. The molecule has 0 unspecified atom stereocenters. The highest BCUT2D eigenvalue weighted by Crippen LogP contribution is 2.19. The molecule has 1 aromatic carbocycles. The Morgan fingerprint density at radius 3 is 2.64 bits per heavy atom. The van der Waals surface area contributed by atoms with Crippen LogP contribution in [0.1, 0.15) is 19.3 Å². The van der Waals surface area contributed by atoms with Crippen LogP contribution in [0.15, 0.2) is 27.4 Å². The Morgan fingerprint density at radius 2 is 1.93 bits per heavy atom. The Balaban J connectivity index is 1.27. The number of benzene rings is 1. The SMILES string of the molecule is O=C(CN1CCN(C(=O)CCn2c(=O)oc3cc(Cl)ccc32)CC1)NC1CC1. The molecule has 1 N–H and O–H groups in total. The fourth-order valence-electron chi connectivity index (χ4n) is 3.48. The van der Waals surface area contributed by atoms with E-state index in [1.54, 1.807) is 23.1 Å². The number of hydrogen-bond donors (Lipinski definition) is 1. The zero-order valence-corrected chi connectivity index (χ0v) is 16.3. The Kier molecular flexibility index (Phi) is 5.41. The fraction of sp³-hybridized carbons (Fsp3) is 0.526. The molecule has 1 saturated carbocycles. The lowest BCUT2D eigenvalue weighted by Crippen LogP contribution is -2.51. The molecule has 28 heavy (non-hydrogen) atoms. The van der Waals surface area contributed by atoms with Gasteiger partial charge in [0, 0.05) is 56.3 Å². The third-order valence-electron chi connectivity index (χ3n) is 5.21. The summed E-state index contributed by atoms with van der Waals surface area (Å²) in [5.74, 6) is -0.428. The molecule has 2 aromatic rings. The fourth-order valence-corrected chi connectivity index (χ4v) is 3.64. The average Bonchev–Trinajstić information content (AvgIpc) is 3.41. The maximum absolute atomic E-state index is 12.5. The number of hydrogen-bond acceptors (Lipinski definition) is 5. The van der Waals surface area contributed by atoms with Gasteiger partial charge < -0.3 is 14.6 Å². The van der Waals surface area contributed by atoms with Gasteiger partial charge in [-0.3, -0.25) is 19.1 Å². The minimum Gasteiger partial charge on any atom is -0.408 e. The molecule has 1 aromatic heterocycles. The number of nitrogens with zero attached hydrogens (tertiary/aromatic N) is 3. The second kappa shape index (κ2) is 7.97. The summed E-state index contributed by atoms with van der Waals surface area (Å²) in [5.41, 5.74) is 1.05. The Hall–Kier alpha value is -2.32. The molecule has 1 aliphatic carbocycles. The van der Waals surface area contributed by atoms with Crippen molar-refractivity contribution < 1.29 is 14.0 Å². The van der Waals surface area contributed by atoms with Crippen LogP contribution in [0.5, 0.6) is 0 Å². The van der Waals surface area contributed by atoms with Crippen LogP contribution in [0.2, 0.25) is 5.02 Å². The van der Waals surface area contributed by atoms with E-state index in [1.165, 1.54) is 4.57 Å². The Labute approximate surface area is 167 Å². The molecule has 0 spiro atoms. The number of piperazine rings is 1. The summed E-state index contributed by atoms with van der Waals surface area (Å²) in [7, 11) is 0. The molecular formula is C19H23ClN4O4. The van der Waals surface area contributed by atoms with Crippen molar-refractivity contribution in [2.45, 2.75) is 31.8 Å². The Bertz CT molecular complexity index is 941. The van der Waals surface area contributed by atoms with Gasteiger partial charge in [-0.25, -0.2) is 4.79 Å². The number of carbonyl (C=O) groups is 2. The number of nitrogens with one attached hydrogen (secondary N) is 1. The second-order valence-electron chi connectivity index (χ2n) is 7.38. The molecule has 2 heterocycles. The van der Waals surface area contributed by atoms with Gasteiger partial charge in [-0.15, -0.1) is 0 Å². The standard InChI is InChI=1S/C19H23ClN4O4/c20-13-1-4-15-16(11-13)28-19(27)24(15)6-5-18(26)23-9-7-22(8-10-23)12-17(25)21-14-2-3-14/h1,4,11,14H,2-3,5-10,12H2,(H,21,25). The summed E-state index contributed by atoms with van der Waals surface area (Å²) in [6, 6.07) is 5.37. The zero-order chi connectivity index (χ0) is 19.7. The first kappa shape index (κ1) is 19.0. The summed E-state index contributed by atoms with van der Waals surface area (Å²) >= 11 is 5.92. The number of halogens is 1. The average molecular weight is 407 g/mol. The van der Waals surface area contributed by atoms with E-state index in [2.05, 4.69) is 10.2 Å². The van der Waals surface area contributed by atoms with Crippen LogP contribution >= 0.6 is 11.6 Å². The van der Waals surface area contributed by atoms with Gasteiger partial charge in [0.2, 0.25) is 11.8 Å². The van der Waals surface area contributed by atoms with Gasteiger partial charge in [-0.2, -0.15) is 0 Å². The van der Waals surface area contributed by atoms with Gasteiger partial charge in [0.05, 0.1) is 12.1 Å². The van der Waals surface area contributed by atoms with Gasteiger partial charge in [-0.05, 0) is 25.0 Å². The van der Waals surface area contributed by atoms with E-state index >= 15 is 0 Å². The molecule has 2 amide bonds. The number of rotatable bonds is 6. The highest BCUT2D eigenvalue weighted by molar-refractivity contribution is 6.31. The normalized spacial score (nSPS) is 17.8. The molecule has 8 nitrogen and oxygen atoms in total. The number of aryl methyl sites for hydroxylation is 1. The van der Waals surface area contributed by atoms with Crippen molar-refractivity contribution in [3.8, 4) is 0 Å². The van der Waals surface area contributed by atoms with Gasteiger partial charge in [-0.1, -0.05) is 11.6 Å². The van der Waals surface area contributed by atoms with E-state index in [-0.39, 0.29) is 24.8 Å². The highest BCUT2D eigenvalue weighted by Gasteiger charge is 2.26. The quantitative estimate of drug-likeness (QED) is 0.775. The first-order valence-electron chi connectivity index (χ1n) is 9.58. The lowest BCUT2D eigenvalue weighted by atomic mass is 10.2. The predicted octanol–water partition coefficient (Wildman–Crippen LogP) is 1.06. The number of fused-ring (bicyclic) bond motifs is 1. The maximum Gasteiger partial charge on any atom is 0.419 e. The summed E-state index contributed by atoms with van der Waals surface area (Å²) in [4.78, 5) is 40.3. The van der Waals surface area contributed by atoms with E-state index in [4.69, 9.17) is 16.0 Å². The molecule has 150 valence electrons. The Morgan fingerprint density at radius 1 is 1.18 bits per heavy atom. The van der Waals surface area contributed by atoms with Crippen LogP contribution in [0, 0.1) is 0 Å². The van der Waals surface area contributed by atoms with Crippen LogP contribution in [-0.4, -0.2) is 64.9 Å². The number of carbonyl (C=O) groups excluding carboxylic acids is 2. The van der Waals surface area contributed by atoms with Crippen LogP contribution in [0.4, 0.5) is 0 Å². The van der Waals surface area contributed by atoms with Gasteiger partial charge in [0.15, 0.2) is 5.58 Å². The molecule has 2 fully saturated rings. The lowest BCUT2D eigenvalue weighted by molar-refractivity contribution is -0.133. The van der Waals surface area contributed by atoms with E-state index in [1.807, 2.05) is 0 Å². The number of aromatic nitrogens is 1. The molecule has 9 heteroatoms. The van der Waals surface area contributed by atoms with Crippen molar-refractivity contribution in [1.29, 1.82) is 0 Å². The second-order valence-corrected chi connectivity index (χ2v) is 7.82. The van der Waals surface area contributed by atoms with E-state index < -0.39 is 5.76 Å². The first-order chi connectivity index (χ1) is 13.5. The van der Waals surface area contributed by atoms with Crippen molar-refractivity contribution >= 4 is 34.5 Å². The third-order valence-corrected chi connectivity index (χ3v) is 5.45. The van der Waals surface area contributed by atoms with E-state index in [9.17, 15) is 14.4 Å². The van der Waals surface area contributed by atoms with Crippen LogP contribution < -0.4 is 11.1 Å². The van der Waals surface area contributed by atoms with Crippen molar-refractivity contribution in [2.75, 3.05) is 32.7 Å². The molecule has 0 bridgehead atoms. The summed E-state index contributed by atoms with van der Waals surface area (Å²) in [6.45, 7) is 3.18. The highest BCUT2D eigenvalue weighted by atomic mass is 35.5. The summed E-state index contributed by atoms with van der Waals surface area (Å²) in [5, 5.41) is 3.48. The minimum absolute atomic E-state index is 0.00250. The zero-order valence-electron chi connectivity index (χ0n) is 15.5. The number of amides is 2. The lowest BCUT2D eigenvalue weighted by Gasteiger charge is -2.34. The van der Waals surface area contributed by atoms with Crippen molar-refractivity contribution in [3.05, 3.63) is 33.8 Å². The molecule has 0 radical (unpaired) electrons. The molecule has 4 rings (SSSR count). The van der Waals surface area contributed by atoms with Crippen LogP contribution in [0.3, 0.4) is 0 Å². The van der Waals surface area contributed by atoms with E-state index in [0.29, 0.717) is 54.9 Å². The molecule has 2 aliphatic rings. The first-order valence-corrected chi connectivity index (χ1v) is 9.96. The van der Waals surface area contributed by atoms with Crippen LogP contribution in [0.25, 0.3) is 11.1 Å². The predicted molar refractivity (Wildman–Crippen MR) is 104 cm³/mol. The number of oxazole rings is 1. The molecule has 0 atom stereocenters. The van der Waals surface area contributed by atoms with Gasteiger partial charge in [0.1, 0.15) is 0 Å². The minimum atomic E-state index is -0.489. The smallest absolute Gasteiger partial charge is 0.408 e. The molecular weight excluding hydrogens is 384 g/mol. The van der Waals surface area contributed by atoms with Crippen molar-refractivity contribution in [1.82, 2.24) is 19.7 Å². The third kappa shape index (κ3) is 4.39. The van der Waals surface area contributed by atoms with E-state index in [0.717, 1.165) is 12.8 Å². The van der Waals surface area contributed by atoms with Gasteiger partial charge >= 0.3 is 5.76 Å². The van der Waals surface area contributed by atoms with Crippen LogP contribution in [-0.2, 0) is 16.1 Å². The van der Waals surface area contributed by atoms with Crippen molar-refractivity contribution in [3.63, 3.8) is 0 Å².